The normalized spacial score (nSPS) is 21.7. The molecular weight excluding hydrogens is 232 g/mol. The predicted molar refractivity (Wildman–Crippen MR) is 78.9 cm³/mol. The van der Waals surface area contributed by atoms with Crippen LogP contribution >= 0.6 is 0 Å². The zero-order chi connectivity index (χ0) is 13.5. The molecule has 2 aliphatic rings. The number of carbonyl (C=O) groups excluding carboxylic acids is 1. The van der Waals surface area contributed by atoms with Crippen LogP contribution < -0.4 is 0 Å². The van der Waals surface area contributed by atoms with Gasteiger partial charge in [-0.25, -0.2) is 0 Å². The smallest absolute Gasteiger partial charge is 0.163 e. The third kappa shape index (κ3) is 2.13. The molecule has 2 aliphatic carbocycles. The Balaban J connectivity index is 2.11. The van der Waals surface area contributed by atoms with Crippen molar-refractivity contribution >= 4 is 5.78 Å². The minimum Gasteiger partial charge on any atom is -0.294 e. The molecule has 0 aromatic heterocycles. The minimum atomic E-state index is 0.326. The first-order valence-electron chi connectivity index (χ1n) is 7.80. The van der Waals surface area contributed by atoms with Gasteiger partial charge in [-0.05, 0) is 41.7 Å². The van der Waals surface area contributed by atoms with E-state index < -0.39 is 0 Å². The maximum absolute atomic E-state index is 12.2. The van der Waals surface area contributed by atoms with Gasteiger partial charge < -0.3 is 0 Å². The summed E-state index contributed by atoms with van der Waals surface area (Å²) >= 11 is 0. The van der Waals surface area contributed by atoms with Crippen LogP contribution in [0, 0.1) is 0 Å². The molecule has 0 amide bonds. The van der Waals surface area contributed by atoms with E-state index >= 15 is 0 Å². The van der Waals surface area contributed by atoms with Crippen molar-refractivity contribution in [2.45, 2.75) is 70.1 Å². The van der Waals surface area contributed by atoms with Gasteiger partial charge in [0.2, 0.25) is 0 Å². The molecule has 1 aromatic carbocycles. The monoisotopic (exact) mass is 256 g/mol. The van der Waals surface area contributed by atoms with E-state index in [1.165, 1.54) is 43.2 Å². The molecule has 0 heterocycles. The highest BCUT2D eigenvalue weighted by molar-refractivity contribution is 5.99. The molecule has 102 valence electrons. The van der Waals surface area contributed by atoms with Crippen molar-refractivity contribution < 1.29 is 4.79 Å². The van der Waals surface area contributed by atoms with Crippen molar-refractivity contribution in [3.63, 3.8) is 0 Å². The third-order valence-corrected chi connectivity index (χ3v) is 5.22. The van der Waals surface area contributed by atoms with Crippen LogP contribution in [0.5, 0.6) is 0 Å². The SMILES string of the molecule is CC(C)c1ccc2c(c1)C1(CCCCC1)CCC2=O. The molecule has 0 atom stereocenters. The van der Waals surface area contributed by atoms with Gasteiger partial charge in [-0.2, -0.15) is 0 Å². The van der Waals surface area contributed by atoms with Crippen LogP contribution in [0.4, 0.5) is 0 Å². The van der Waals surface area contributed by atoms with E-state index in [9.17, 15) is 4.79 Å². The number of benzene rings is 1. The third-order valence-electron chi connectivity index (χ3n) is 5.22. The van der Waals surface area contributed by atoms with Gasteiger partial charge in [0.15, 0.2) is 5.78 Å². The molecule has 0 radical (unpaired) electrons. The standard InChI is InChI=1S/C18H24O/c1-13(2)14-6-7-15-16(12-14)18(11-8-17(15)19)9-4-3-5-10-18/h6-7,12-13H,3-5,8-11H2,1-2H3. The highest BCUT2D eigenvalue weighted by atomic mass is 16.1. The fourth-order valence-electron chi connectivity index (χ4n) is 3.97. The summed E-state index contributed by atoms with van der Waals surface area (Å²) in [6.45, 7) is 4.47. The molecule has 0 saturated heterocycles. The van der Waals surface area contributed by atoms with Crippen molar-refractivity contribution in [1.82, 2.24) is 0 Å². The van der Waals surface area contributed by atoms with Crippen LogP contribution in [0.3, 0.4) is 0 Å². The quantitative estimate of drug-likeness (QED) is 0.692. The summed E-state index contributed by atoms with van der Waals surface area (Å²) in [6.07, 6.45) is 8.45. The van der Waals surface area contributed by atoms with Gasteiger partial charge in [0.05, 0.1) is 0 Å². The first kappa shape index (κ1) is 12.9. The van der Waals surface area contributed by atoms with Crippen LogP contribution in [0.15, 0.2) is 18.2 Å². The average Bonchev–Trinajstić information content (AvgIpc) is 2.44. The Hall–Kier alpha value is -1.11. The number of rotatable bonds is 1. The predicted octanol–water partition coefficient (Wildman–Crippen LogP) is 4.99. The fourth-order valence-corrected chi connectivity index (χ4v) is 3.97. The number of Topliss-reactive ketones (excluding diaryl/α,β-unsaturated/α-hetero) is 1. The van der Waals surface area contributed by atoms with Gasteiger partial charge in [-0.3, -0.25) is 4.79 Å². The van der Waals surface area contributed by atoms with Crippen molar-refractivity contribution in [3.8, 4) is 0 Å². The number of fused-ring (bicyclic) bond motifs is 2. The van der Waals surface area contributed by atoms with E-state index in [0.717, 1.165) is 18.4 Å². The Labute approximate surface area is 116 Å². The molecule has 0 bridgehead atoms. The van der Waals surface area contributed by atoms with E-state index in [-0.39, 0.29) is 0 Å². The summed E-state index contributed by atoms with van der Waals surface area (Å²) in [5.41, 5.74) is 4.12. The van der Waals surface area contributed by atoms with Crippen LogP contribution in [0.2, 0.25) is 0 Å². The molecule has 1 heteroatoms. The molecule has 1 spiro atoms. The van der Waals surface area contributed by atoms with Crippen LogP contribution in [0.25, 0.3) is 0 Å². The minimum absolute atomic E-state index is 0.326. The number of hydrogen-bond donors (Lipinski definition) is 0. The Morgan fingerprint density at radius 1 is 1.05 bits per heavy atom. The summed E-state index contributed by atoms with van der Waals surface area (Å²) < 4.78 is 0. The van der Waals surface area contributed by atoms with Gasteiger partial charge in [-0.15, -0.1) is 0 Å². The Morgan fingerprint density at radius 2 is 1.79 bits per heavy atom. The van der Waals surface area contributed by atoms with Crippen molar-refractivity contribution in [1.29, 1.82) is 0 Å². The van der Waals surface area contributed by atoms with Crippen LogP contribution in [0.1, 0.15) is 86.2 Å². The van der Waals surface area contributed by atoms with E-state index in [1.54, 1.807) is 0 Å². The molecule has 1 aromatic rings. The second-order valence-corrected chi connectivity index (χ2v) is 6.72. The summed E-state index contributed by atoms with van der Waals surface area (Å²) in [5.74, 6) is 0.907. The van der Waals surface area contributed by atoms with E-state index in [0.29, 0.717) is 17.1 Å². The van der Waals surface area contributed by atoms with Gasteiger partial charge in [0.25, 0.3) is 0 Å². The number of hydrogen-bond acceptors (Lipinski definition) is 1. The lowest BCUT2D eigenvalue weighted by Gasteiger charge is -2.42. The number of ketones is 1. The Morgan fingerprint density at radius 3 is 2.47 bits per heavy atom. The van der Waals surface area contributed by atoms with E-state index in [1.807, 2.05) is 0 Å². The molecule has 3 rings (SSSR count). The highest BCUT2D eigenvalue weighted by Crippen LogP contribution is 2.47. The summed E-state index contributed by atoms with van der Waals surface area (Å²) in [4.78, 5) is 12.2. The Kier molecular flexibility index (Phi) is 3.24. The zero-order valence-corrected chi connectivity index (χ0v) is 12.2. The molecule has 19 heavy (non-hydrogen) atoms. The average molecular weight is 256 g/mol. The topological polar surface area (TPSA) is 17.1 Å². The molecule has 0 aliphatic heterocycles. The fraction of sp³-hybridized carbons (Fsp3) is 0.611. The first-order valence-corrected chi connectivity index (χ1v) is 7.80. The van der Waals surface area contributed by atoms with Gasteiger partial charge in [0, 0.05) is 12.0 Å². The maximum Gasteiger partial charge on any atom is 0.163 e. The van der Waals surface area contributed by atoms with Gasteiger partial charge in [-0.1, -0.05) is 51.3 Å². The van der Waals surface area contributed by atoms with E-state index in [4.69, 9.17) is 0 Å². The van der Waals surface area contributed by atoms with E-state index in [2.05, 4.69) is 32.0 Å². The van der Waals surface area contributed by atoms with Crippen molar-refractivity contribution in [2.75, 3.05) is 0 Å². The zero-order valence-electron chi connectivity index (χ0n) is 12.2. The second kappa shape index (κ2) is 4.77. The van der Waals surface area contributed by atoms with Crippen LogP contribution in [-0.2, 0) is 5.41 Å². The second-order valence-electron chi connectivity index (χ2n) is 6.72. The van der Waals surface area contributed by atoms with Crippen molar-refractivity contribution in [2.24, 2.45) is 0 Å². The Bertz CT molecular complexity index is 492. The molecule has 0 unspecified atom stereocenters. The molecule has 1 nitrogen and oxygen atoms in total. The lowest BCUT2D eigenvalue weighted by atomic mass is 9.62. The lowest BCUT2D eigenvalue weighted by molar-refractivity contribution is 0.0938. The van der Waals surface area contributed by atoms with Gasteiger partial charge in [0.1, 0.15) is 0 Å². The molecule has 1 fully saturated rings. The van der Waals surface area contributed by atoms with Crippen molar-refractivity contribution in [3.05, 3.63) is 34.9 Å². The highest BCUT2D eigenvalue weighted by Gasteiger charge is 2.40. The van der Waals surface area contributed by atoms with Gasteiger partial charge >= 0.3 is 0 Å². The lowest BCUT2D eigenvalue weighted by Crippen LogP contribution is -2.35. The molecule has 1 saturated carbocycles. The van der Waals surface area contributed by atoms with Crippen LogP contribution in [-0.4, -0.2) is 5.78 Å². The largest absolute Gasteiger partial charge is 0.294 e. The molecule has 0 N–H and O–H groups in total. The number of carbonyl (C=O) groups is 1. The summed E-state index contributed by atoms with van der Waals surface area (Å²) in [5, 5.41) is 0. The first-order chi connectivity index (χ1) is 9.12. The maximum atomic E-state index is 12.2. The molecular formula is C18H24O. The summed E-state index contributed by atoms with van der Waals surface area (Å²) in [7, 11) is 0. The summed E-state index contributed by atoms with van der Waals surface area (Å²) in [6, 6.07) is 6.61.